The van der Waals surface area contributed by atoms with Crippen molar-refractivity contribution in [2.75, 3.05) is 20.2 Å². The van der Waals surface area contributed by atoms with Crippen LogP contribution in [-0.2, 0) is 9.53 Å². The molecule has 2 rings (SSSR count). The van der Waals surface area contributed by atoms with Gasteiger partial charge in [-0.1, -0.05) is 25.1 Å². The van der Waals surface area contributed by atoms with Crippen LogP contribution in [0.15, 0.2) is 29.6 Å². The summed E-state index contributed by atoms with van der Waals surface area (Å²) in [5.41, 5.74) is 0.656. The topological polar surface area (TPSA) is 46.6 Å². The summed E-state index contributed by atoms with van der Waals surface area (Å²) < 4.78 is 5.73. The Balaban J connectivity index is 2.29. The molecule has 1 heterocycles. The third kappa shape index (κ3) is 2.99. The molecule has 0 aliphatic heterocycles. The second kappa shape index (κ2) is 6.52. The van der Waals surface area contributed by atoms with Crippen LogP contribution in [0.4, 0.5) is 0 Å². The third-order valence-corrected chi connectivity index (χ3v) is 4.00. The van der Waals surface area contributed by atoms with E-state index in [0.29, 0.717) is 12.1 Å². The van der Waals surface area contributed by atoms with Crippen LogP contribution in [-0.4, -0.2) is 37.0 Å². The van der Waals surface area contributed by atoms with Crippen molar-refractivity contribution < 1.29 is 14.3 Å². The number of thiophene rings is 1. The maximum atomic E-state index is 12.6. The van der Waals surface area contributed by atoms with Crippen LogP contribution in [0.5, 0.6) is 0 Å². The number of carbonyl (C=O) groups is 2. The van der Waals surface area contributed by atoms with Crippen molar-refractivity contribution in [2.45, 2.75) is 13.3 Å². The molecule has 0 saturated heterocycles. The number of ether oxygens (including phenoxy) is 1. The minimum Gasteiger partial charge on any atom is -0.468 e. The number of amides is 1. The van der Waals surface area contributed by atoms with Crippen molar-refractivity contribution in [3.63, 3.8) is 0 Å². The van der Waals surface area contributed by atoms with E-state index in [9.17, 15) is 9.59 Å². The van der Waals surface area contributed by atoms with Gasteiger partial charge in [-0.25, -0.2) is 0 Å². The van der Waals surface area contributed by atoms with Crippen LogP contribution in [0, 0.1) is 0 Å². The fourth-order valence-corrected chi connectivity index (χ4v) is 2.99. The molecular formula is C15H17NO3S. The molecule has 0 saturated carbocycles. The average Bonchev–Trinajstić information content (AvgIpc) is 2.89. The fourth-order valence-electron chi connectivity index (χ4n) is 2.06. The second-order valence-electron chi connectivity index (χ2n) is 4.45. The molecule has 0 unspecified atom stereocenters. The molecule has 2 aromatic rings. The van der Waals surface area contributed by atoms with Gasteiger partial charge in [-0.05, 0) is 12.5 Å². The molecule has 0 radical (unpaired) electrons. The van der Waals surface area contributed by atoms with E-state index in [1.54, 1.807) is 4.90 Å². The van der Waals surface area contributed by atoms with Gasteiger partial charge in [0.2, 0.25) is 0 Å². The first-order chi connectivity index (χ1) is 9.67. The highest BCUT2D eigenvalue weighted by atomic mass is 32.1. The number of fused-ring (bicyclic) bond motifs is 1. The molecule has 20 heavy (non-hydrogen) atoms. The molecule has 0 aliphatic carbocycles. The van der Waals surface area contributed by atoms with Crippen LogP contribution < -0.4 is 0 Å². The van der Waals surface area contributed by atoms with Crippen LogP contribution in [0.1, 0.15) is 23.7 Å². The Morgan fingerprint density at radius 2 is 2.05 bits per heavy atom. The van der Waals surface area contributed by atoms with Gasteiger partial charge in [0.15, 0.2) is 0 Å². The largest absolute Gasteiger partial charge is 0.468 e. The average molecular weight is 291 g/mol. The number of nitrogens with zero attached hydrogens (tertiary/aromatic N) is 1. The van der Waals surface area contributed by atoms with E-state index in [4.69, 9.17) is 0 Å². The molecule has 1 amide bonds. The number of esters is 1. The number of benzene rings is 1. The van der Waals surface area contributed by atoms with Crippen molar-refractivity contribution in [3.8, 4) is 0 Å². The highest BCUT2D eigenvalue weighted by Crippen LogP contribution is 2.26. The summed E-state index contributed by atoms with van der Waals surface area (Å²) in [7, 11) is 1.33. The molecule has 1 aromatic carbocycles. The van der Waals surface area contributed by atoms with Crippen molar-refractivity contribution in [1.29, 1.82) is 0 Å². The number of hydrogen-bond donors (Lipinski definition) is 0. The van der Waals surface area contributed by atoms with Crippen LogP contribution in [0.3, 0.4) is 0 Å². The lowest BCUT2D eigenvalue weighted by Crippen LogP contribution is -2.36. The second-order valence-corrected chi connectivity index (χ2v) is 5.36. The van der Waals surface area contributed by atoms with E-state index in [0.717, 1.165) is 16.5 Å². The lowest BCUT2D eigenvalue weighted by molar-refractivity contribution is -0.141. The predicted molar refractivity (Wildman–Crippen MR) is 80.0 cm³/mol. The summed E-state index contributed by atoms with van der Waals surface area (Å²) in [6.45, 7) is 2.51. The van der Waals surface area contributed by atoms with E-state index in [1.165, 1.54) is 18.4 Å². The summed E-state index contributed by atoms with van der Waals surface area (Å²) in [5, 5.41) is 2.79. The zero-order chi connectivity index (χ0) is 14.5. The summed E-state index contributed by atoms with van der Waals surface area (Å²) in [6, 6.07) is 7.78. The molecule has 1 aromatic heterocycles. The molecule has 0 fully saturated rings. The number of hydrogen-bond acceptors (Lipinski definition) is 4. The Morgan fingerprint density at radius 1 is 1.30 bits per heavy atom. The number of methoxy groups -OCH3 is 1. The summed E-state index contributed by atoms with van der Waals surface area (Å²) in [6.07, 6.45) is 0.796. The van der Waals surface area contributed by atoms with Gasteiger partial charge in [-0.2, -0.15) is 0 Å². The first kappa shape index (κ1) is 14.5. The molecule has 0 bridgehead atoms. The van der Waals surface area contributed by atoms with Gasteiger partial charge in [-0.15, -0.1) is 11.3 Å². The van der Waals surface area contributed by atoms with Gasteiger partial charge in [0.05, 0.1) is 12.7 Å². The van der Waals surface area contributed by atoms with Gasteiger partial charge in [0.25, 0.3) is 5.91 Å². The van der Waals surface area contributed by atoms with Crippen molar-refractivity contribution in [1.82, 2.24) is 4.90 Å². The van der Waals surface area contributed by atoms with Gasteiger partial charge >= 0.3 is 5.97 Å². The van der Waals surface area contributed by atoms with Crippen LogP contribution in [0.25, 0.3) is 10.1 Å². The predicted octanol–water partition coefficient (Wildman–Crippen LogP) is 2.93. The molecular weight excluding hydrogens is 274 g/mol. The monoisotopic (exact) mass is 291 g/mol. The summed E-state index contributed by atoms with van der Waals surface area (Å²) >= 11 is 1.54. The van der Waals surface area contributed by atoms with Gasteiger partial charge in [0.1, 0.15) is 6.54 Å². The third-order valence-electron chi connectivity index (χ3n) is 3.04. The highest BCUT2D eigenvalue weighted by Gasteiger charge is 2.21. The standard InChI is InChI=1S/C15H17NO3S/c1-3-8-16(9-14(17)19-2)15(18)12-10-20-13-7-5-4-6-11(12)13/h4-7,10H,3,8-9H2,1-2H3. The van der Waals surface area contributed by atoms with Crippen molar-refractivity contribution in [2.24, 2.45) is 0 Å². The van der Waals surface area contributed by atoms with Crippen LogP contribution in [0.2, 0.25) is 0 Å². The van der Waals surface area contributed by atoms with E-state index in [1.807, 2.05) is 36.6 Å². The zero-order valence-electron chi connectivity index (χ0n) is 11.6. The SMILES string of the molecule is CCCN(CC(=O)OC)C(=O)c1csc2ccccc12. The fraction of sp³-hybridized carbons (Fsp3) is 0.333. The molecule has 0 N–H and O–H groups in total. The zero-order valence-corrected chi connectivity index (χ0v) is 12.4. The van der Waals surface area contributed by atoms with Gasteiger partial charge in [0, 0.05) is 22.0 Å². The summed E-state index contributed by atoms with van der Waals surface area (Å²) in [5.74, 6) is -0.513. The summed E-state index contributed by atoms with van der Waals surface area (Å²) in [4.78, 5) is 25.5. The van der Waals surface area contributed by atoms with E-state index < -0.39 is 5.97 Å². The van der Waals surface area contributed by atoms with Crippen molar-refractivity contribution in [3.05, 3.63) is 35.2 Å². The van der Waals surface area contributed by atoms with Crippen LogP contribution >= 0.6 is 11.3 Å². The molecule has 0 atom stereocenters. The van der Waals surface area contributed by atoms with E-state index >= 15 is 0 Å². The lowest BCUT2D eigenvalue weighted by Gasteiger charge is -2.20. The lowest BCUT2D eigenvalue weighted by atomic mass is 10.1. The minimum absolute atomic E-state index is 0.00660. The Hall–Kier alpha value is -1.88. The number of rotatable bonds is 5. The first-order valence-electron chi connectivity index (χ1n) is 6.49. The molecule has 0 aliphatic rings. The van der Waals surface area contributed by atoms with Gasteiger partial charge in [-0.3, -0.25) is 9.59 Å². The molecule has 0 spiro atoms. The molecule has 106 valence electrons. The van der Waals surface area contributed by atoms with E-state index in [-0.39, 0.29) is 12.5 Å². The Labute approximate surface area is 122 Å². The maximum Gasteiger partial charge on any atom is 0.325 e. The normalized spacial score (nSPS) is 10.5. The molecule has 5 heteroatoms. The first-order valence-corrected chi connectivity index (χ1v) is 7.37. The van der Waals surface area contributed by atoms with E-state index in [2.05, 4.69) is 4.74 Å². The Bertz CT molecular complexity index is 620. The van der Waals surface area contributed by atoms with Crippen molar-refractivity contribution >= 4 is 33.3 Å². The highest BCUT2D eigenvalue weighted by molar-refractivity contribution is 7.17. The Kier molecular flexibility index (Phi) is 4.74. The Morgan fingerprint density at radius 3 is 2.75 bits per heavy atom. The molecule has 4 nitrogen and oxygen atoms in total. The smallest absolute Gasteiger partial charge is 0.325 e. The quantitative estimate of drug-likeness (QED) is 0.796. The minimum atomic E-state index is -0.397. The van der Waals surface area contributed by atoms with Gasteiger partial charge < -0.3 is 9.64 Å². The maximum absolute atomic E-state index is 12.6. The number of carbonyl (C=O) groups excluding carboxylic acids is 2.